The van der Waals surface area contributed by atoms with Crippen LogP contribution in [0.3, 0.4) is 0 Å². The van der Waals surface area contributed by atoms with Gasteiger partial charge in [0.25, 0.3) is 0 Å². The Balaban J connectivity index is 2.50. The van der Waals surface area contributed by atoms with Crippen LogP contribution in [0.15, 0.2) is 36.4 Å². The summed E-state index contributed by atoms with van der Waals surface area (Å²) >= 11 is 0. The summed E-state index contributed by atoms with van der Waals surface area (Å²) in [6.45, 7) is 0. The van der Waals surface area contributed by atoms with Gasteiger partial charge in [-0.05, 0) is 30.3 Å². The van der Waals surface area contributed by atoms with E-state index in [1.165, 1.54) is 26.4 Å². The largest absolute Gasteiger partial charge is 0.497 e. The van der Waals surface area contributed by atoms with Gasteiger partial charge in [0, 0.05) is 22.9 Å². The van der Waals surface area contributed by atoms with Crippen molar-refractivity contribution in [2.24, 2.45) is 0 Å². The predicted molar refractivity (Wildman–Crippen MR) is 73.8 cm³/mol. The van der Waals surface area contributed by atoms with Crippen molar-refractivity contribution in [3.63, 3.8) is 0 Å². The summed E-state index contributed by atoms with van der Waals surface area (Å²) in [5.74, 6) is 0.0435. The van der Waals surface area contributed by atoms with Crippen LogP contribution in [0.4, 0.5) is 10.1 Å². The van der Waals surface area contributed by atoms with Gasteiger partial charge in [0.2, 0.25) is 0 Å². The maximum Gasteiger partial charge on any atom is 0.195 e. The minimum atomic E-state index is -0.516. The molecule has 0 radical (unpaired) electrons. The summed E-state index contributed by atoms with van der Waals surface area (Å²) in [7, 11) is 2.97. The third-order valence-electron chi connectivity index (χ3n) is 2.87. The topological polar surface area (TPSA) is 61.5 Å². The second kappa shape index (κ2) is 5.61. The molecule has 0 atom stereocenters. The molecule has 0 fully saturated rings. The maximum atomic E-state index is 13.3. The van der Waals surface area contributed by atoms with Gasteiger partial charge in [-0.2, -0.15) is 0 Å². The molecule has 0 saturated heterocycles. The number of nitrogen functional groups attached to an aromatic ring is 1. The highest BCUT2D eigenvalue weighted by Gasteiger charge is 2.15. The van der Waals surface area contributed by atoms with Crippen LogP contribution < -0.4 is 15.2 Å². The summed E-state index contributed by atoms with van der Waals surface area (Å²) in [5, 5.41) is 0. The van der Waals surface area contributed by atoms with E-state index in [0.29, 0.717) is 17.1 Å². The molecule has 0 spiro atoms. The molecule has 2 N–H and O–H groups in total. The molecule has 0 aliphatic rings. The van der Waals surface area contributed by atoms with Crippen molar-refractivity contribution in [3.05, 3.63) is 53.3 Å². The SMILES string of the molecule is COc1cc(OC)cc(C(=O)c2cc(F)ccc2N)c1. The Hall–Kier alpha value is -2.56. The normalized spacial score (nSPS) is 10.2. The molecule has 0 heterocycles. The fourth-order valence-electron chi connectivity index (χ4n) is 1.82. The van der Waals surface area contributed by atoms with E-state index in [1.54, 1.807) is 18.2 Å². The lowest BCUT2D eigenvalue weighted by Gasteiger charge is -2.09. The lowest BCUT2D eigenvalue weighted by molar-refractivity contribution is 0.103. The summed E-state index contributed by atoms with van der Waals surface area (Å²) in [6.07, 6.45) is 0. The van der Waals surface area contributed by atoms with Gasteiger partial charge >= 0.3 is 0 Å². The van der Waals surface area contributed by atoms with Crippen LogP contribution in [0.25, 0.3) is 0 Å². The monoisotopic (exact) mass is 275 g/mol. The second-order valence-corrected chi connectivity index (χ2v) is 4.16. The zero-order valence-electron chi connectivity index (χ0n) is 11.1. The highest BCUT2D eigenvalue weighted by atomic mass is 19.1. The minimum absolute atomic E-state index is 0.111. The van der Waals surface area contributed by atoms with Crippen LogP contribution in [-0.2, 0) is 0 Å². The summed E-state index contributed by atoms with van der Waals surface area (Å²) < 4.78 is 23.5. The third-order valence-corrected chi connectivity index (χ3v) is 2.87. The molecular formula is C15H14FNO3. The van der Waals surface area contributed by atoms with Crippen molar-refractivity contribution in [1.82, 2.24) is 0 Å². The van der Waals surface area contributed by atoms with Gasteiger partial charge in [-0.25, -0.2) is 4.39 Å². The molecule has 0 aliphatic heterocycles. The van der Waals surface area contributed by atoms with Crippen molar-refractivity contribution in [2.75, 3.05) is 20.0 Å². The molecule has 0 saturated carbocycles. The average molecular weight is 275 g/mol. The minimum Gasteiger partial charge on any atom is -0.497 e. The third kappa shape index (κ3) is 2.71. The van der Waals surface area contributed by atoms with Gasteiger partial charge in [0.05, 0.1) is 14.2 Å². The van der Waals surface area contributed by atoms with Crippen LogP contribution in [0, 0.1) is 5.82 Å². The molecule has 0 bridgehead atoms. The molecule has 2 rings (SSSR count). The van der Waals surface area contributed by atoms with Crippen molar-refractivity contribution >= 4 is 11.5 Å². The number of ether oxygens (including phenoxy) is 2. The number of methoxy groups -OCH3 is 2. The molecule has 0 aliphatic carbocycles. The standard InChI is InChI=1S/C15H14FNO3/c1-19-11-5-9(6-12(8-11)20-2)15(18)13-7-10(16)3-4-14(13)17/h3-8H,17H2,1-2H3. The number of anilines is 1. The molecule has 5 heteroatoms. The first-order valence-electron chi connectivity index (χ1n) is 5.88. The lowest BCUT2D eigenvalue weighted by Crippen LogP contribution is -2.06. The van der Waals surface area contributed by atoms with E-state index in [1.807, 2.05) is 0 Å². The Morgan fingerprint density at radius 3 is 2.20 bits per heavy atom. The van der Waals surface area contributed by atoms with E-state index in [4.69, 9.17) is 15.2 Å². The van der Waals surface area contributed by atoms with Crippen molar-refractivity contribution in [2.45, 2.75) is 0 Å². The first-order chi connectivity index (χ1) is 9.55. The highest BCUT2D eigenvalue weighted by molar-refractivity contribution is 6.12. The molecule has 0 aromatic heterocycles. The molecule has 2 aromatic carbocycles. The molecule has 2 aromatic rings. The van der Waals surface area contributed by atoms with Crippen molar-refractivity contribution in [3.8, 4) is 11.5 Å². The Bertz CT molecular complexity index is 633. The smallest absolute Gasteiger partial charge is 0.195 e. The Morgan fingerprint density at radius 1 is 1.05 bits per heavy atom. The molecular weight excluding hydrogens is 261 g/mol. The molecule has 20 heavy (non-hydrogen) atoms. The number of hydrogen-bond acceptors (Lipinski definition) is 4. The number of carbonyl (C=O) groups excluding carboxylic acids is 1. The van der Waals surface area contributed by atoms with Crippen LogP contribution in [0.5, 0.6) is 11.5 Å². The van der Waals surface area contributed by atoms with Crippen LogP contribution in [0.1, 0.15) is 15.9 Å². The summed E-state index contributed by atoms with van der Waals surface area (Å²) in [4.78, 5) is 12.4. The summed E-state index contributed by atoms with van der Waals surface area (Å²) in [5.41, 5.74) is 6.37. The Labute approximate surface area is 115 Å². The predicted octanol–water partition coefficient (Wildman–Crippen LogP) is 2.66. The van der Waals surface area contributed by atoms with E-state index in [9.17, 15) is 9.18 Å². The number of carbonyl (C=O) groups is 1. The van der Waals surface area contributed by atoms with E-state index >= 15 is 0 Å². The van der Waals surface area contributed by atoms with E-state index in [0.717, 1.165) is 6.07 Å². The zero-order valence-corrected chi connectivity index (χ0v) is 11.1. The fourth-order valence-corrected chi connectivity index (χ4v) is 1.82. The number of rotatable bonds is 4. The number of benzene rings is 2. The molecule has 0 unspecified atom stereocenters. The molecule has 104 valence electrons. The van der Waals surface area contributed by atoms with Gasteiger partial charge in [-0.1, -0.05) is 0 Å². The number of ketones is 1. The first-order valence-corrected chi connectivity index (χ1v) is 5.88. The Morgan fingerprint density at radius 2 is 1.65 bits per heavy atom. The van der Waals surface area contributed by atoms with Gasteiger partial charge < -0.3 is 15.2 Å². The quantitative estimate of drug-likeness (QED) is 0.688. The van der Waals surface area contributed by atoms with Crippen molar-refractivity contribution < 1.29 is 18.7 Å². The van der Waals surface area contributed by atoms with Gasteiger partial charge in [0.15, 0.2) is 5.78 Å². The number of halogens is 1. The van der Waals surface area contributed by atoms with E-state index in [2.05, 4.69) is 0 Å². The average Bonchev–Trinajstić information content (AvgIpc) is 2.48. The fraction of sp³-hybridized carbons (Fsp3) is 0.133. The van der Waals surface area contributed by atoms with Crippen LogP contribution in [0.2, 0.25) is 0 Å². The van der Waals surface area contributed by atoms with E-state index < -0.39 is 5.82 Å². The van der Waals surface area contributed by atoms with Crippen LogP contribution in [-0.4, -0.2) is 20.0 Å². The second-order valence-electron chi connectivity index (χ2n) is 4.16. The van der Waals surface area contributed by atoms with Crippen LogP contribution >= 0.6 is 0 Å². The maximum absolute atomic E-state index is 13.3. The molecule has 0 amide bonds. The highest BCUT2D eigenvalue weighted by Crippen LogP contribution is 2.26. The Kier molecular flexibility index (Phi) is 3.89. The summed E-state index contributed by atoms with van der Waals surface area (Å²) in [6, 6.07) is 8.43. The first kappa shape index (κ1) is 13.9. The van der Waals surface area contributed by atoms with Gasteiger partial charge in [0.1, 0.15) is 17.3 Å². The van der Waals surface area contributed by atoms with Crippen molar-refractivity contribution in [1.29, 1.82) is 0 Å². The van der Waals surface area contributed by atoms with Gasteiger partial charge in [-0.15, -0.1) is 0 Å². The number of nitrogens with two attached hydrogens (primary N) is 1. The van der Waals surface area contributed by atoms with Gasteiger partial charge in [-0.3, -0.25) is 4.79 Å². The zero-order chi connectivity index (χ0) is 14.7. The number of hydrogen-bond donors (Lipinski definition) is 1. The van der Waals surface area contributed by atoms with E-state index in [-0.39, 0.29) is 17.0 Å². The molecule has 4 nitrogen and oxygen atoms in total. The lowest BCUT2D eigenvalue weighted by atomic mass is 10.0.